The second kappa shape index (κ2) is 4.80. The van der Waals surface area contributed by atoms with Crippen LogP contribution in [0.3, 0.4) is 0 Å². The predicted molar refractivity (Wildman–Crippen MR) is 86.6 cm³/mol. The van der Waals surface area contributed by atoms with Crippen molar-refractivity contribution in [3.05, 3.63) is 46.9 Å². The molecule has 0 aliphatic carbocycles. The van der Waals surface area contributed by atoms with Crippen molar-refractivity contribution in [2.24, 2.45) is 7.05 Å². The molecule has 8 heteroatoms. The first-order valence-electron chi connectivity index (χ1n) is 6.96. The summed E-state index contributed by atoms with van der Waals surface area (Å²) in [4.78, 5) is 19.7. The van der Waals surface area contributed by atoms with E-state index in [1.807, 2.05) is 24.3 Å². The number of fused-ring (bicyclic) bond motifs is 1. The molecule has 0 amide bonds. The van der Waals surface area contributed by atoms with Crippen LogP contribution < -0.4 is 11.3 Å². The first-order valence-corrected chi connectivity index (χ1v) is 6.96. The molecular formula is C15H13N7O. The van der Waals surface area contributed by atoms with Crippen molar-refractivity contribution in [1.82, 2.24) is 29.9 Å². The fourth-order valence-corrected chi connectivity index (χ4v) is 2.50. The van der Waals surface area contributed by atoms with Gasteiger partial charge in [0.05, 0.1) is 27.9 Å². The van der Waals surface area contributed by atoms with E-state index in [1.165, 1.54) is 0 Å². The van der Waals surface area contributed by atoms with Crippen LogP contribution in [-0.4, -0.2) is 29.9 Å². The molecule has 0 radical (unpaired) electrons. The van der Waals surface area contributed by atoms with Crippen molar-refractivity contribution >= 4 is 16.9 Å². The van der Waals surface area contributed by atoms with Crippen LogP contribution in [0.5, 0.6) is 0 Å². The maximum Gasteiger partial charge on any atom is 0.275 e. The highest BCUT2D eigenvalue weighted by atomic mass is 16.1. The maximum absolute atomic E-state index is 12.1. The van der Waals surface area contributed by atoms with E-state index in [1.54, 1.807) is 24.0 Å². The van der Waals surface area contributed by atoms with E-state index >= 15 is 0 Å². The third kappa shape index (κ3) is 2.16. The van der Waals surface area contributed by atoms with Crippen molar-refractivity contribution < 1.29 is 0 Å². The van der Waals surface area contributed by atoms with Crippen LogP contribution in [0.1, 0.15) is 0 Å². The molecule has 0 fully saturated rings. The molecule has 3 heterocycles. The summed E-state index contributed by atoms with van der Waals surface area (Å²) in [5.41, 5.74) is 8.79. The van der Waals surface area contributed by atoms with Gasteiger partial charge in [0.1, 0.15) is 5.82 Å². The average molecular weight is 307 g/mol. The molecule has 0 saturated heterocycles. The first-order chi connectivity index (χ1) is 11.1. The minimum atomic E-state index is -0.324. The number of nitrogens with two attached hydrogens (primary N) is 1. The van der Waals surface area contributed by atoms with Gasteiger partial charge in [0.25, 0.3) is 5.56 Å². The lowest BCUT2D eigenvalue weighted by molar-refractivity contribution is 0.772. The standard InChI is InChI=1S/C15H13N7O/c1-22-7-9(13(16)21-22)12-6-8(15(23)20-19-12)14-17-10-4-2-3-5-11(10)18-14/h2-7H,1H3,(H2,16,21)(H,17,18)(H,20,23). The van der Waals surface area contributed by atoms with Crippen molar-refractivity contribution in [2.45, 2.75) is 0 Å². The zero-order valence-corrected chi connectivity index (χ0v) is 12.2. The first kappa shape index (κ1) is 13.3. The number of H-pyrrole nitrogens is 2. The molecule has 4 aromatic rings. The molecule has 0 aliphatic heterocycles. The predicted octanol–water partition coefficient (Wildman–Crippen LogP) is 1.30. The van der Waals surface area contributed by atoms with Crippen LogP contribution in [0.2, 0.25) is 0 Å². The molecule has 0 spiro atoms. The number of hydrogen-bond acceptors (Lipinski definition) is 5. The molecule has 4 rings (SSSR count). The Hall–Kier alpha value is -3.42. The third-order valence-electron chi connectivity index (χ3n) is 3.58. The second-order valence-corrected chi connectivity index (χ2v) is 5.20. The summed E-state index contributed by atoms with van der Waals surface area (Å²) in [5, 5.41) is 10.6. The van der Waals surface area contributed by atoms with Gasteiger partial charge in [-0.3, -0.25) is 9.48 Å². The fourth-order valence-electron chi connectivity index (χ4n) is 2.50. The van der Waals surface area contributed by atoms with Gasteiger partial charge in [-0.1, -0.05) is 12.1 Å². The zero-order chi connectivity index (χ0) is 16.0. The Morgan fingerprint density at radius 2 is 2.04 bits per heavy atom. The van der Waals surface area contributed by atoms with Crippen molar-refractivity contribution in [2.75, 3.05) is 5.73 Å². The van der Waals surface area contributed by atoms with Crippen molar-refractivity contribution in [1.29, 1.82) is 0 Å². The highest BCUT2D eigenvalue weighted by Crippen LogP contribution is 2.25. The fraction of sp³-hybridized carbons (Fsp3) is 0.0667. The highest BCUT2D eigenvalue weighted by molar-refractivity contribution is 5.80. The van der Waals surface area contributed by atoms with Crippen LogP contribution >= 0.6 is 0 Å². The number of aryl methyl sites for hydroxylation is 1. The summed E-state index contributed by atoms with van der Waals surface area (Å²) in [5.74, 6) is 0.834. The van der Waals surface area contributed by atoms with E-state index in [-0.39, 0.29) is 5.56 Å². The Morgan fingerprint density at radius 1 is 1.22 bits per heavy atom. The number of aromatic nitrogens is 6. The molecule has 0 atom stereocenters. The normalized spacial score (nSPS) is 11.2. The topological polar surface area (TPSA) is 118 Å². The Bertz CT molecular complexity index is 1040. The van der Waals surface area contributed by atoms with E-state index in [0.717, 1.165) is 11.0 Å². The summed E-state index contributed by atoms with van der Waals surface area (Å²) < 4.78 is 1.60. The highest BCUT2D eigenvalue weighted by Gasteiger charge is 2.14. The Balaban J connectivity index is 1.90. The lowest BCUT2D eigenvalue weighted by Crippen LogP contribution is -2.12. The van der Waals surface area contributed by atoms with Gasteiger partial charge in [0.15, 0.2) is 5.82 Å². The van der Waals surface area contributed by atoms with Crippen LogP contribution in [0.15, 0.2) is 41.3 Å². The minimum absolute atomic E-state index is 0.324. The molecule has 0 aliphatic rings. The van der Waals surface area contributed by atoms with Gasteiger partial charge in [0, 0.05) is 13.2 Å². The largest absolute Gasteiger partial charge is 0.382 e. The number of nitrogens with zero attached hydrogens (tertiary/aromatic N) is 4. The number of hydrogen-bond donors (Lipinski definition) is 3. The number of benzene rings is 1. The smallest absolute Gasteiger partial charge is 0.275 e. The Kier molecular flexibility index (Phi) is 2.77. The van der Waals surface area contributed by atoms with Crippen LogP contribution in [0, 0.1) is 0 Å². The number of rotatable bonds is 2. The van der Waals surface area contributed by atoms with E-state index in [2.05, 4.69) is 25.3 Å². The summed E-state index contributed by atoms with van der Waals surface area (Å²) in [6.07, 6.45) is 1.75. The number of imidazole rings is 1. The summed E-state index contributed by atoms with van der Waals surface area (Å²) in [6.45, 7) is 0. The van der Waals surface area contributed by atoms with Gasteiger partial charge in [-0.05, 0) is 18.2 Å². The van der Waals surface area contributed by atoms with Crippen molar-refractivity contribution in [3.63, 3.8) is 0 Å². The van der Waals surface area contributed by atoms with Crippen LogP contribution in [0.4, 0.5) is 5.82 Å². The summed E-state index contributed by atoms with van der Waals surface area (Å²) in [7, 11) is 1.77. The lowest BCUT2D eigenvalue weighted by Gasteiger charge is -2.00. The summed E-state index contributed by atoms with van der Waals surface area (Å²) >= 11 is 0. The molecule has 0 bridgehead atoms. The number of para-hydroxylation sites is 2. The van der Waals surface area contributed by atoms with Crippen LogP contribution in [0.25, 0.3) is 33.7 Å². The number of aromatic amines is 2. The van der Waals surface area contributed by atoms with E-state index in [9.17, 15) is 4.79 Å². The molecule has 0 unspecified atom stereocenters. The van der Waals surface area contributed by atoms with Gasteiger partial charge in [-0.25, -0.2) is 10.1 Å². The van der Waals surface area contributed by atoms with E-state index < -0.39 is 0 Å². The minimum Gasteiger partial charge on any atom is -0.382 e. The second-order valence-electron chi connectivity index (χ2n) is 5.20. The van der Waals surface area contributed by atoms with Gasteiger partial charge in [0.2, 0.25) is 0 Å². The average Bonchev–Trinajstić information content (AvgIpc) is 3.10. The van der Waals surface area contributed by atoms with E-state index in [4.69, 9.17) is 5.73 Å². The molecule has 0 saturated carbocycles. The van der Waals surface area contributed by atoms with Gasteiger partial charge in [-0.15, -0.1) is 0 Å². The Labute approximate surface area is 130 Å². The van der Waals surface area contributed by atoms with Gasteiger partial charge >= 0.3 is 0 Å². The molecule has 8 nitrogen and oxygen atoms in total. The lowest BCUT2D eigenvalue weighted by atomic mass is 10.1. The number of nitrogens with one attached hydrogen (secondary N) is 2. The molecule has 3 aromatic heterocycles. The van der Waals surface area contributed by atoms with Gasteiger partial charge in [-0.2, -0.15) is 10.2 Å². The SMILES string of the molecule is Cn1cc(-c2cc(-c3nc4ccccc4[nH]3)c(=O)[nH]n2)c(N)n1. The third-order valence-corrected chi connectivity index (χ3v) is 3.58. The monoisotopic (exact) mass is 307 g/mol. The molecular weight excluding hydrogens is 294 g/mol. The van der Waals surface area contributed by atoms with Crippen molar-refractivity contribution in [3.8, 4) is 22.6 Å². The molecule has 4 N–H and O–H groups in total. The van der Waals surface area contributed by atoms with E-state index in [0.29, 0.717) is 28.5 Å². The zero-order valence-electron chi connectivity index (χ0n) is 12.2. The van der Waals surface area contributed by atoms with Crippen LogP contribution in [-0.2, 0) is 7.05 Å². The van der Waals surface area contributed by atoms with Gasteiger partial charge < -0.3 is 10.7 Å². The molecule has 1 aromatic carbocycles. The number of anilines is 1. The molecule has 114 valence electrons. The molecule has 23 heavy (non-hydrogen) atoms. The Morgan fingerprint density at radius 3 is 2.78 bits per heavy atom. The number of nitrogen functional groups attached to an aromatic ring is 1. The maximum atomic E-state index is 12.1. The quantitative estimate of drug-likeness (QED) is 0.516. The summed E-state index contributed by atoms with van der Waals surface area (Å²) in [6, 6.07) is 9.24.